The fourth-order valence-electron chi connectivity index (χ4n) is 2.10. The fourth-order valence-corrected chi connectivity index (χ4v) is 3.99. The van der Waals surface area contributed by atoms with Gasteiger partial charge in [0.2, 0.25) is 10.0 Å². The van der Waals surface area contributed by atoms with E-state index in [1.807, 2.05) is 19.1 Å². The van der Waals surface area contributed by atoms with E-state index in [2.05, 4.69) is 26.0 Å². The fraction of sp³-hybridized carbons (Fsp3) is 0.235. The maximum Gasteiger partial charge on any atom is 0.255 e. The number of amides is 1. The lowest BCUT2D eigenvalue weighted by atomic mass is 10.2. The Hall–Kier alpha value is -1.70. The number of halogens is 1. The molecule has 2 aromatic carbocycles. The predicted molar refractivity (Wildman–Crippen MR) is 98.7 cm³/mol. The van der Waals surface area contributed by atoms with Crippen LogP contribution < -0.4 is 10.0 Å². The molecule has 128 valence electrons. The van der Waals surface area contributed by atoms with E-state index in [0.29, 0.717) is 5.69 Å². The van der Waals surface area contributed by atoms with Crippen LogP contribution in [0, 0.1) is 6.92 Å². The van der Waals surface area contributed by atoms with Gasteiger partial charge in [-0.05, 0) is 72.6 Å². The van der Waals surface area contributed by atoms with Crippen molar-refractivity contribution in [3.63, 3.8) is 0 Å². The van der Waals surface area contributed by atoms with E-state index in [4.69, 9.17) is 0 Å². The average Bonchev–Trinajstić information content (AvgIpc) is 2.49. The third kappa shape index (κ3) is 4.66. The van der Waals surface area contributed by atoms with Crippen molar-refractivity contribution in [1.29, 1.82) is 0 Å². The van der Waals surface area contributed by atoms with E-state index in [9.17, 15) is 13.2 Å². The Morgan fingerprint density at radius 1 is 1.12 bits per heavy atom. The second kappa shape index (κ2) is 7.46. The molecule has 5 nitrogen and oxygen atoms in total. The number of nitrogens with one attached hydrogen (secondary N) is 2. The number of hydrogen-bond donors (Lipinski definition) is 2. The van der Waals surface area contributed by atoms with Gasteiger partial charge in [0.15, 0.2) is 0 Å². The first-order valence-corrected chi connectivity index (χ1v) is 9.66. The largest absolute Gasteiger partial charge is 0.321 e. The number of sulfonamides is 1. The minimum Gasteiger partial charge on any atom is -0.321 e. The molecule has 0 aromatic heterocycles. The molecule has 2 N–H and O–H groups in total. The van der Waals surface area contributed by atoms with Crippen LogP contribution in [0.3, 0.4) is 0 Å². The lowest BCUT2D eigenvalue weighted by Crippen LogP contribution is -2.30. The number of hydrogen-bond acceptors (Lipinski definition) is 3. The number of carbonyl (C=O) groups is 1. The van der Waals surface area contributed by atoms with Crippen LogP contribution in [-0.4, -0.2) is 20.4 Å². The van der Waals surface area contributed by atoms with Crippen molar-refractivity contribution in [2.75, 3.05) is 5.32 Å². The van der Waals surface area contributed by atoms with Gasteiger partial charge in [0.1, 0.15) is 0 Å². The molecule has 0 radical (unpaired) electrons. The van der Waals surface area contributed by atoms with Crippen molar-refractivity contribution in [3.8, 4) is 0 Å². The molecule has 7 heteroatoms. The van der Waals surface area contributed by atoms with Gasteiger partial charge >= 0.3 is 0 Å². The van der Waals surface area contributed by atoms with E-state index in [0.717, 1.165) is 10.0 Å². The van der Waals surface area contributed by atoms with Gasteiger partial charge in [-0.2, -0.15) is 0 Å². The number of aryl methyl sites for hydroxylation is 1. The molecule has 0 spiro atoms. The molecule has 24 heavy (non-hydrogen) atoms. The van der Waals surface area contributed by atoms with E-state index >= 15 is 0 Å². The number of rotatable bonds is 5. The Bertz CT molecular complexity index is 864. The first-order chi connectivity index (χ1) is 11.2. The molecule has 0 saturated carbocycles. The summed E-state index contributed by atoms with van der Waals surface area (Å²) in [6.45, 7) is 5.43. The molecule has 2 rings (SSSR count). The van der Waals surface area contributed by atoms with Gasteiger partial charge < -0.3 is 5.32 Å². The minimum atomic E-state index is -3.64. The maximum absolute atomic E-state index is 12.4. The number of carbonyl (C=O) groups excluding carboxylic acids is 1. The van der Waals surface area contributed by atoms with E-state index < -0.39 is 10.0 Å². The van der Waals surface area contributed by atoms with Crippen LogP contribution in [0.15, 0.2) is 51.8 Å². The Kier molecular flexibility index (Phi) is 5.79. The van der Waals surface area contributed by atoms with Crippen molar-refractivity contribution in [2.24, 2.45) is 0 Å². The van der Waals surface area contributed by atoms with Gasteiger partial charge in [-0.3, -0.25) is 4.79 Å². The predicted octanol–water partition coefficient (Wildman–Crippen LogP) is 3.70. The SMILES string of the molecule is Cc1ccc(NC(=O)c2cccc(S(=O)(=O)NC(C)C)c2)c(Br)c1. The summed E-state index contributed by atoms with van der Waals surface area (Å²) in [4.78, 5) is 12.5. The van der Waals surface area contributed by atoms with Gasteiger partial charge in [-0.15, -0.1) is 0 Å². The zero-order valence-electron chi connectivity index (χ0n) is 13.6. The summed E-state index contributed by atoms with van der Waals surface area (Å²) >= 11 is 3.40. The van der Waals surface area contributed by atoms with Crippen LogP contribution in [0.5, 0.6) is 0 Å². The van der Waals surface area contributed by atoms with Crippen LogP contribution in [0.25, 0.3) is 0 Å². The number of benzene rings is 2. The van der Waals surface area contributed by atoms with E-state index in [-0.39, 0.29) is 22.4 Å². The molecule has 0 aliphatic carbocycles. The van der Waals surface area contributed by atoms with Crippen molar-refractivity contribution in [1.82, 2.24) is 4.72 Å². The van der Waals surface area contributed by atoms with Gasteiger partial charge in [0.05, 0.1) is 10.6 Å². The molecule has 0 saturated heterocycles. The highest BCUT2D eigenvalue weighted by molar-refractivity contribution is 9.10. The molecular weight excluding hydrogens is 392 g/mol. The minimum absolute atomic E-state index is 0.0619. The van der Waals surface area contributed by atoms with Crippen molar-refractivity contribution >= 4 is 37.5 Å². The Morgan fingerprint density at radius 3 is 2.46 bits per heavy atom. The molecule has 0 unspecified atom stereocenters. The molecule has 0 heterocycles. The van der Waals surface area contributed by atoms with Crippen LogP contribution >= 0.6 is 15.9 Å². The third-order valence-corrected chi connectivity index (χ3v) is 5.48. The molecule has 0 aliphatic heterocycles. The van der Waals surface area contributed by atoms with Gasteiger partial charge in [0, 0.05) is 16.1 Å². The van der Waals surface area contributed by atoms with Crippen LogP contribution in [-0.2, 0) is 10.0 Å². The van der Waals surface area contributed by atoms with E-state index in [1.165, 1.54) is 12.1 Å². The van der Waals surface area contributed by atoms with Crippen molar-refractivity contribution in [3.05, 3.63) is 58.1 Å². The zero-order chi connectivity index (χ0) is 17.9. The summed E-state index contributed by atoms with van der Waals surface area (Å²) in [5.74, 6) is -0.374. The summed E-state index contributed by atoms with van der Waals surface area (Å²) in [5.41, 5.74) is 1.96. The van der Waals surface area contributed by atoms with Crippen LogP contribution in [0.1, 0.15) is 29.8 Å². The Balaban J connectivity index is 2.26. The zero-order valence-corrected chi connectivity index (χ0v) is 16.0. The first-order valence-electron chi connectivity index (χ1n) is 7.39. The second-order valence-electron chi connectivity index (χ2n) is 5.74. The first kappa shape index (κ1) is 18.6. The highest BCUT2D eigenvalue weighted by Crippen LogP contribution is 2.24. The standard InChI is InChI=1S/C17H19BrN2O3S/c1-11(2)20-24(22,23)14-6-4-5-13(10-14)17(21)19-16-8-7-12(3)9-15(16)18/h4-11,20H,1-3H3,(H,19,21). The summed E-state index contributed by atoms with van der Waals surface area (Å²) < 4.78 is 27.7. The lowest BCUT2D eigenvalue weighted by molar-refractivity contribution is 0.102. The molecule has 2 aromatic rings. The quantitative estimate of drug-likeness (QED) is 0.788. The molecule has 0 bridgehead atoms. The highest BCUT2D eigenvalue weighted by Gasteiger charge is 2.17. The summed E-state index contributed by atoms with van der Waals surface area (Å²) in [6.07, 6.45) is 0. The third-order valence-electron chi connectivity index (χ3n) is 3.17. The summed E-state index contributed by atoms with van der Waals surface area (Å²) in [5, 5.41) is 2.77. The lowest BCUT2D eigenvalue weighted by Gasteiger charge is -2.11. The second-order valence-corrected chi connectivity index (χ2v) is 8.31. The van der Waals surface area contributed by atoms with Crippen LogP contribution in [0.4, 0.5) is 5.69 Å². The maximum atomic E-state index is 12.4. The normalized spacial score (nSPS) is 11.5. The summed E-state index contributed by atoms with van der Waals surface area (Å²) in [6, 6.07) is 11.3. The van der Waals surface area contributed by atoms with E-state index in [1.54, 1.807) is 32.0 Å². The van der Waals surface area contributed by atoms with Gasteiger partial charge in [0.25, 0.3) is 5.91 Å². The smallest absolute Gasteiger partial charge is 0.255 e. The number of anilines is 1. The average molecular weight is 411 g/mol. The summed E-state index contributed by atoms with van der Waals surface area (Å²) in [7, 11) is -3.64. The molecule has 0 aliphatic rings. The molecular formula is C17H19BrN2O3S. The highest BCUT2D eigenvalue weighted by atomic mass is 79.9. The molecule has 0 atom stereocenters. The Labute approximate surface area is 150 Å². The topological polar surface area (TPSA) is 75.3 Å². The monoisotopic (exact) mass is 410 g/mol. The van der Waals surface area contributed by atoms with Gasteiger partial charge in [-0.1, -0.05) is 12.1 Å². The molecule has 1 amide bonds. The van der Waals surface area contributed by atoms with Crippen molar-refractivity contribution < 1.29 is 13.2 Å². The Morgan fingerprint density at radius 2 is 1.83 bits per heavy atom. The molecule has 0 fully saturated rings. The van der Waals surface area contributed by atoms with Crippen LogP contribution in [0.2, 0.25) is 0 Å². The van der Waals surface area contributed by atoms with Crippen molar-refractivity contribution in [2.45, 2.75) is 31.7 Å². The van der Waals surface area contributed by atoms with Gasteiger partial charge in [-0.25, -0.2) is 13.1 Å².